The van der Waals surface area contributed by atoms with Crippen LogP contribution in [0.5, 0.6) is 0 Å². The number of rotatable bonds is 2. The molecule has 0 bridgehead atoms. The molecule has 5 nitrogen and oxygen atoms in total. The molecule has 0 heterocycles. The van der Waals surface area contributed by atoms with Crippen LogP contribution in [0.4, 0.5) is 10.1 Å². The SMILES string of the molecule is Cc1cc(NC(=O)C(=O)N[C@H]2c3ccccc3C[C@H]2O)ccc1F. The Hall–Kier alpha value is -2.73. The zero-order valence-electron chi connectivity index (χ0n) is 13.0. The number of aryl methyl sites for hydroxylation is 1. The van der Waals surface area contributed by atoms with Crippen molar-refractivity contribution in [1.82, 2.24) is 5.32 Å². The molecule has 2 atom stereocenters. The number of fused-ring (bicyclic) bond motifs is 1. The van der Waals surface area contributed by atoms with Crippen LogP contribution in [0.2, 0.25) is 0 Å². The van der Waals surface area contributed by atoms with E-state index in [2.05, 4.69) is 10.6 Å². The summed E-state index contributed by atoms with van der Waals surface area (Å²) in [6.07, 6.45) is -0.341. The fourth-order valence-corrected chi connectivity index (χ4v) is 2.86. The number of nitrogens with one attached hydrogen (secondary N) is 2. The largest absolute Gasteiger partial charge is 0.390 e. The quantitative estimate of drug-likeness (QED) is 0.736. The summed E-state index contributed by atoms with van der Waals surface area (Å²) in [7, 11) is 0. The highest BCUT2D eigenvalue weighted by Crippen LogP contribution is 2.31. The highest BCUT2D eigenvalue weighted by Gasteiger charge is 2.33. The van der Waals surface area contributed by atoms with Gasteiger partial charge >= 0.3 is 11.8 Å². The maximum Gasteiger partial charge on any atom is 0.313 e. The van der Waals surface area contributed by atoms with Crippen molar-refractivity contribution in [2.24, 2.45) is 0 Å². The van der Waals surface area contributed by atoms with Crippen molar-refractivity contribution in [3.63, 3.8) is 0 Å². The summed E-state index contributed by atoms with van der Waals surface area (Å²) in [5.74, 6) is -2.10. The van der Waals surface area contributed by atoms with Crippen LogP contribution in [0.15, 0.2) is 42.5 Å². The van der Waals surface area contributed by atoms with Gasteiger partial charge in [-0.1, -0.05) is 24.3 Å². The zero-order valence-corrected chi connectivity index (χ0v) is 13.0. The fourth-order valence-electron chi connectivity index (χ4n) is 2.86. The van der Waals surface area contributed by atoms with E-state index >= 15 is 0 Å². The first-order chi connectivity index (χ1) is 11.5. The van der Waals surface area contributed by atoms with E-state index in [0.717, 1.165) is 11.1 Å². The van der Waals surface area contributed by atoms with E-state index in [1.807, 2.05) is 24.3 Å². The van der Waals surface area contributed by atoms with Gasteiger partial charge in [0.2, 0.25) is 0 Å². The van der Waals surface area contributed by atoms with Crippen LogP contribution in [-0.2, 0) is 16.0 Å². The second-order valence-electron chi connectivity index (χ2n) is 5.84. The molecule has 1 aliphatic rings. The molecule has 2 amide bonds. The summed E-state index contributed by atoms with van der Waals surface area (Å²) in [4.78, 5) is 24.1. The predicted molar refractivity (Wildman–Crippen MR) is 86.8 cm³/mol. The average Bonchev–Trinajstić information content (AvgIpc) is 2.87. The van der Waals surface area contributed by atoms with E-state index in [1.165, 1.54) is 18.2 Å². The molecule has 6 heteroatoms. The van der Waals surface area contributed by atoms with Gasteiger partial charge in [-0.3, -0.25) is 9.59 Å². The van der Waals surface area contributed by atoms with Gasteiger partial charge in [0, 0.05) is 12.1 Å². The number of benzene rings is 2. The monoisotopic (exact) mass is 328 g/mol. The lowest BCUT2D eigenvalue weighted by atomic mass is 10.1. The molecule has 2 aromatic rings. The number of amides is 2. The fraction of sp³-hybridized carbons (Fsp3) is 0.222. The molecular formula is C18H17FN2O3. The van der Waals surface area contributed by atoms with E-state index in [4.69, 9.17) is 0 Å². The van der Waals surface area contributed by atoms with Crippen molar-refractivity contribution in [3.05, 3.63) is 65.0 Å². The Balaban J connectivity index is 1.68. The van der Waals surface area contributed by atoms with E-state index in [0.29, 0.717) is 17.7 Å². The first kappa shape index (κ1) is 16.1. The molecule has 3 rings (SSSR count). The van der Waals surface area contributed by atoms with Gasteiger partial charge in [-0.05, 0) is 41.8 Å². The molecule has 0 radical (unpaired) electrons. The molecule has 0 unspecified atom stereocenters. The third kappa shape index (κ3) is 3.14. The van der Waals surface area contributed by atoms with Gasteiger partial charge in [-0.25, -0.2) is 4.39 Å². The van der Waals surface area contributed by atoms with Gasteiger partial charge in [0.1, 0.15) is 5.82 Å². The summed E-state index contributed by atoms with van der Waals surface area (Å²) >= 11 is 0. The molecule has 0 aromatic heterocycles. The summed E-state index contributed by atoms with van der Waals surface area (Å²) in [5, 5.41) is 15.1. The van der Waals surface area contributed by atoms with Crippen LogP contribution in [0, 0.1) is 12.7 Å². The second kappa shape index (κ2) is 6.41. The lowest BCUT2D eigenvalue weighted by Crippen LogP contribution is -2.40. The molecule has 0 saturated carbocycles. The maximum absolute atomic E-state index is 13.2. The third-order valence-electron chi connectivity index (χ3n) is 4.11. The first-order valence-corrected chi connectivity index (χ1v) is 7.59. The van der Waals surface area contributed by atoms with Crippen LogP contribution in [0.1, 0.15) is 22.7 Å². The smallest absolute Gasteiger partial charge is 0.313 e. The summed E-state index contributed by atoms with van der Waals surface area (Å²) < 4.78 is 13.2. The van der Waals surface area contributed by atoms with Gasteiger partial charge in [0.15, 0.2) is 0 Å². The number of aliphatic hydroxyl groups excluding tert-OH is 1. The van der Waals surface area contributed by atoms with Crippen LogP contribution in [0.3, 0.4) is 0 Å². The molecule has 24 heavy (non-hydrogen) atoms. The molecule has 1 aliphatic carbocycles. The Bertz CT molecular complexity index is 807. The van der Waals surface area contributed by atoms with Crippen molar-refractivity contribution >= 4 is 17.5 Å². The van der Waals surface area contributed by atoms with Crippen molar-refractivity contribution < 1.29 is 19.1 Å². The van der Waals surface area contributed by atoms with E-state index in [9.17, 15) is 19.1 Å². The lowest BCUT2D eigenvalue weighted by molar-refractivity contribution is -0.137. The van der Waals surface area contributed by atoms with Crippen molar-refractivity contribution in [2.75, 3.05) is 5.32 Å². The molecular weight excluding hydrogens is 311 g/mol. The summed E-state index contributed by atoms with van der Waals surface area (Å²) in [5.41, 5.74) is 2.46. The number of hydrogen-bond acceptors (Lipinski definition) is 3. The number of aliphatic hydroxyl groups is 1. The minimum Gasteiger partial charge on any atom is -0.390 e. The molecule has 0 aliphatic heterocycles. The normalized spacial score (nSPS) is 18.8. The predicted octanol–water partition coefficient (Wildman–Crippen LogP) is 1.85. The van der Waals surface area contributed by atoms with Crippen LogP contribution >= 0.6 is 0 Å². The standard InChI is InChI=1S/C18H17FN2O3/c1-10-8-12(6-7-14(10)19)20-17(23)18(24)21-16-13-5-3-2-4-11(13)9-15(16)22/h2-8,15-16,22H,9H2,1H3,(H,20,23)(H,21,24)/t15-,16+/m1/s1. The Kier molecular flexibility index (Phi) is 4.31. The first-order valence-electron chi connectivity index (χ1n) is 7.59. The highest BCUT2D eigenvalue weighted by atomic mass is 19.1. The van der Waals surface area contributed by atoms with E-state index < -0.39 is 24.0 Å². The Morgan fingerprint density at radius 2 is 1.92 bits per heavy atom. The van der Waals surface area contributed by atoms with Crippen LogP contribution in [0.25, 0.3) is 0 Å². The zero-order chi connectivity index (χ0) is 17.3. The van der Waals surface area contributed by atoms with Crippen molar-refractivity contribution in [1.29, 1.82) is 0 Å². The second-order valence-corrected chi connectivity index (χ2v) is 5.84. The highest BCUT2D eigenvalue weighted by molar-refractivity contribution is 6.39. The van der Waals surface area contributed by atoms with E-state index in [-0.39, 0.29) is 5.82 Å². The molecule has 0 fully saturated rings. The Morgan fingerprint density at radius 1 is 1.17 bits per heavy atom. The lowest BCUT2D eigenvalue weighted by Gasteiger charge is -2.17. The molecule has 124 valence electrons. The topological polar surface area (TPSA) is 78.4 Å². The Labute approximate surface area is 138 Å². The average molecular weight is 328 g/mol. The van der Waals surface area contributed by atoms with Crippen molar-refractivity contribution in [2.45, 2.75) is 25.5 Å². The minimum absolute atomic E-state index is 0.335. The summed E-state index contributed by atoms with van der Waals surface area (Å²) in [6.45, 7) is 1.57. The van der Waals surface area contributed by atoms with Crippen LogP contribution in [-0.4, -0.2) is 23.0 Å². The number of halogens is 1. The van der Waals surface area contributed by atoms with Gasteiger partial charge in [0.25, 0.3) is 0 Å². The molecule has 3 N–H and O–H groups in total. The van der Waals surface area contributed by atoms with Crippen molar-refractivity contribution in [3.8, 4) is 0 Å². The Morgan fingerprint density at radius 3 is 2.67 bits per heavy atom. The molecule has 2 aromatic carbocycles. The van der Waals surface area contributed by atoms with Gasteiger partial charge < -0.3 is 15.7 Å². The van der Waals surface area contributed by atoms with Gasteiger partial charge in [0.05, 0.1) is 12.1 Å². The number of anilines is 1. The number of hydrogen-bond donors (Lipinski definition) is 3. The van der Waals surface area contributed by atoms with Crippen LogP contribution < -0.4 is 10.6 Å². The van der Waals surface area contributed by atoms with E-state index in [1.54, 1.807) is 6.92 Å². The molecule has 0 saturated heterocycles. The minimum atomic E-state index is -0.863. The van der Waals surface area contributed by atoms with Gasteiger partial charge in [-0.15, -0.1) is 0 Å². The number of carbonyl (C=O) groups is 2. The summed E-state index contributed by atoms with van der Waals surface area (Å²) in [6, 6.07) is 10.8. The number of carbonyl (C=O) groups excluding carboxylic acids is 2. The third-order valence-corrected chi connectivity index (χ3v) is 4.11. The maximum atomic E-state index is 13.2. The van der Waals surface area contributed by atoms with Gasteiger partial charge in [-0.2, -0.15) is 0 Å². The molecule has 0 spiro atoms.